The number of piperidine rings is 1. The number of fused-ring (bicyclic) bond motifs is 1. The number of aromatic nitrogens is 4. The summed E-state index contributed by atoms with van der Waals surface area (Å²) in [7, 11) is 3.57. The molecule has 3 aromatic heterocycles. The Bertz CT molecular complexity index is 1490. The van der Waals surface area contributed by atoms with Gasteiger partial charge in [-0.2, -0.15) is 4.98 Å². The van der Waals surface area contributed by atoms with Gasteiger partial charge < -0.3 is 29.3 Å². The van der Waals surface area contributed by atoms with Crippen LogP contribution in [-0.2, 0) is 4.74 Å². The molecule has 5 heterocycles. The second kappa shape index (κ2) is 12.8. The molecule has 3 fully saturated rings. The number of anilines is 3. The highest BCUT2D eigenvalue weighted by atomic mass is 16.6. The molecule has 45 heavy (non-hydrogen) atoms. The minimum Gasteiger partial charge on any atom is -0.444 e. The topological polar surface area (TPSA) is 112 Å². The molecule has 6 rings (SSSR count). The van der Waals surface area contributed by atoms with Crippen LogP contribution in [0.25, 0.3) is 11.0 Å². The number of pyridine rings is 1. The van der Waals surface area contributed by atoms with Gasteiger partial charge in [0.25, 0.3) is 5.91 Å². The first-order valence-corrected chi connectivity index (χ1v) is 16.4. The minimum absolute atomic E-state index is 0.0172. The molecule has 1 aliphatic carbocycles. The van der Waals surface area contributed by atoms with Crippen LogP contribution in [0.1, 0.15) is 75.8 Å². The largest absolute Gasteiger partial charge is 0.444 e. The van der Waals surface area contributed by atoms with Gasteiger partial charge in [0, 0.05) is 77.0 Å². The summed E-state index contributed by atoms with van der Waals surface area (Å²) >= 11 is 0. The number of nitrogens with one attached hydrogen (secondary N) is 1. The standard InChI is InChI=1S/C33H47N9O3/c1-33(2,3)45-32(44)41-18-16-40(17-19-41)24-12-14-39(15-13-24)26-10-11-28(34-22-26)36-31-35-21-23-20-27(30(43)38(4)5)42(29(23)37-31)25-8-6-7-9-25/h10-11,20-22,24-25H,6-9,12-19H2,1-5H3,(H,34,35,36,37). The Morgan fingerprint density at radius 2 is 1.62 bits per heavy atom. The van der Waals surface area contributed by atoms with Crippen molar-refractivity contribution in [1.29, 1.82) is 0 Å². The van der Waals surface area contributed by atoms with Crippen molar-refractivity contribution in [2.45, 2.75) is 77.0 Å². The van der Waals surface area contributed by atoms with Crippen molar-refractivity contribution in [2.24, 2.45) is 0 Å². The Morgan fingerprint density at radius 1 is 0.911 bits per heavy atom. The molecule has 0 unspecified atom stereocenters. The summed E-state index contributed by atoms with van der Waals surface area (Å²) in [4.78, 5) is 47.9. The van der Waals surface area contributed by atoms with E-state index in [-0.39, 0.29) is 18.0 Å². The van der Waals surface area contributed by atoms with E-state index in [1.54, 1.807) is 25.2 Å². The lowest BCUT2D eigenvalue weighted by molar-refractivity contribution is 0.00901. The first-order chi connectivity index (χ1) is 21.6. The molecule has 1 N–H and O–H groups in total. The van der Waals surface area contributed by atoms with E-state index in [4.69, 9.17) is 9.72 Å². The van der Waals surface area contributed by atoms with Gasteiger partial charge in [0.2, 0.25) is 5.95 Å². The quantitative estimate of drug-likeness (QED) is 0.413. The monoisotopic (exact) mass is 617 g/mol. The maximum atomic E-state index is 13.0. The zero-order chi connectivity index (χ0) is 31.7. The van der Waals surface area contributed by atoms with Gasteiger partial charge in [-0.25, -0.2) is 14.8 Å². The van der Waals surface area contributed by atoms with Gasteiger partial charge in [0.15, 0.2) is 0 Å². The maximum Gasteiger partial charge on any atom is 0.410 e. The Labute approximate surface area is 265 Å². The summed E-state index contributed by atoms with van der Waals surface area (Å²) in [6, 6.07) is 6.79. The minimum atomic E-state index is -0.466. The fourth-order valence-electron chi connectivity index (χ4n) is 6.84. The van der Waals surface area contributed by atoms with E-state index >= 15 is 0 Å². The molecule has 0 atom stereocenters. The average molecular weight is 618 g/mol. The van der Waals surface area contributed by atoms with E-state index < -0.39 is 5.60 Å². The number of ether oxygens (including phenoxy) is 1. The highest BCUT2D eigenvalue weighted by Crippen LogP contribution is 2.35. The number of amides is 2. The van der Waals surface area contributed by atoms with Gasteiger partial charge >= 0.3 is 6.09 Å². The van der Waals surface area contributed by atoms with E-state index in [9.17, 15) is 9.59 Å². The van der Waals surface area contributed by atoms with Crippen molar-refractivity contribution in [3.05, 3.63) is 36.3 Å². The maximum absolute atomic E-state index is 13.0. The second-order valence-corrected chi connectivity index (χ2v) is 13.8. The summed E-state index contributed by atoms with van der Waals surface area (Å²) in [5.74, 6) is 1.13. The number of piperazine rings is 1. The number of nitrogens with zero attached hydrogens (tertiary/aromatic N) is 8. The third-order valence-electron chi connectivity index (χ3n) is 9.19. The Morgan fingerprint density at radius 3 is 2.24 bits per heavy atom. The second-order valence-electron chi connectivity index (χ2n) is 13.8. The molecule has 0 radical (unpaired) electrons. The normalized spacial score (nSPS) is 18.9. The summed E-state index contributed by atoms with van der Waals surface area (Å²) in [5, 5.41) is 4.14. The molecule has 0 aromatic carbocycles. The van der Waals surface area contributed by atoms with Gasteiger partial charge in [-0.05, 0) is 64.7 Å². The van der Waals surface area contributed by atoms with E-state index in [0.717, 1.165) is 81.4 Å². The summed E-state index contributed by atoms with van der Waals surface area (Å²) in [5.41, 5.74) is 2.09. The molecule has 2 saturated heterocycles. The zero-order valence-corrected chi connectivity index (χ0v) is 27.3. The molecule has 1 saturated carbocycles. The van der Waals surface area contributed by atoms with Gasteiger partial charge in [-0.1, -0.05) is 12.8 Å². The zero-order valence-electron chi connectivity index (χ0n) is 27.3. The lowest BCUT2D eigenvalue weighted by Crippen LogP contribution is -2.55. The molecule has 242 valence electrons. The highest BCUT2D eigenvalue weighted by molar-refractivity contribution is 5.97. The summed E-state index contributed by atoms with van der Waals surface area (Å²) < 4.78 is 7.67. The summed E-state index contributed by atoms with van der Waals surface area (Å²) in [6.45, 7) is 10.9. The van der Waals surface area contributed by atoms with Gasteiger partial charge in [-0.15, -0.1) is 0 Å². The molecule has 3 aromatic rings. The number of hydrogen-bond donors (Lipinski definition) is 1. The molecule has 2 amide bonds. The summed E-state index contributed by atoms with van der Waals surface area (Å²) in [6.07, 6.45) is 10.1. The third-order valence-corrected chi connectivity index (χ3v) is 9.19. The Hall–Kier alpha value is -3.93. The number of rotatable bonds is 6. The van der Waals surface area contributed by atoms with E-state index in [1.165, 1.54) is 0 Å². The SMILES string of the molecule is CN(C)C(=O)c1cc2cnc(Nc3ccc(N4CCC(N5CCN(C(=O)OC(C)(C)C)CC5)CC4)cn3)nc2n1C1CCCC1. The number of carbonyl (C=O) groups excluding carboxylic acids is 2. The first-order valence-electron chi connectivity index (χ1n) is 16.4. The van der Waals surface area contributed by atoms with E-state index in [1.807, 2.05) is 44.0 Å². The number of carbonyl (C=O) groups is 2. The van der Waals surface area contributed by atoms with Crippen LogP contribution in [0.4, 0.5) is 22.2 Å². The van der Waals surface area contributed by atoms with Crippen molar-refractivity contribution in [2.75, 3.05) is 63.6 Å². The Balaban J connectivity index is 1.05. The van der Waals surface area contributed by atoms with Gasteiger partial charge in [-0.3, -0.25) is 9.69 Å². The van der Waals surface area contributed by atoms with Crippen LogP contribution in [0, 0.1) is 0 Å². The van der Waals surface area contributed by atoms with Crippen LogP contribution in [0.5, 0.6) is 0 Å². The fourth-order valence-corrected chi connectivity index (χ4v) is 6.84. The highest BCUT2D eigenvalue weighted by Gasteiger charge is 2.31. The Kier molecular flexibility index (Phi) is 8.85. The molecule has 2 aliphatic heterocycles. The molecule has 3 aliphatic rings. The van der Waals surface area contributed by atoms with Crippen LogP contribution < -0.4 is 10.2 Å². The van der Waals surface area contributed by atoms with Crippen LogP contribution in [0.15, 0.2) is 30.6 Å². The predicted octanol–water partition coefficient (Wildman–Crippen LogP) is 4.91. The molecule has 0 spiro atoms. The molecular formula is C33H47N9O3. The van der Waals surface area contributed by atoms with E-state index in [2.05, 4.69) is 35.7 Å². The van der Waals surface area contributed by atoms with Crippen LogP contribution in [-0.4, -0.2) is 111 Å². The third kappa shape index (κ3) is 7.00. The van der Waals surface area contributed by atoms with E-state index in [0.29, 0.717) is 36.6 Å². The van der Waals surface area contributed by atoms with Gasteiger partial charge in [0.1, 0.15) is 22.8 Å². The van der Waals surface area contributed by atoms with Crippen molar-refractivity contribution in [3.63, 3.8) is 0 Å². The van der Waals surface area contributed by atoms with Crippen LogP contribution in [0.3, 0.4) is 0 Å². The fraction of sp³-hybridized carbons (Fsp3) is 0.606. The van der Waals surface area contributed by atoms with Crippen molar-refractivity contribution >= 4 is 40.5 Å². The lowest BCUT2D eigenvalue weighted by atomic mass is 10.0. The van der Waals surface area contributed by atoms with Crippen molar-refractivity contribution < 1.29 is 14.3 Å². The smallest absolute Gasteiger partial charge is 0.410 e. The van der Waals surface area contributed by atoms with Crippen molar-refractivity contribution in [1.82, 2.24) is 34.2 Å². The molecule has 12 nitrogen and oxygen atoms in total. The van der Waals surface area contributed by atoms with Crippen molar-refractivity contribution in [3.8, 4) is 0 Å². The number of hydrogen-bond acceptors (Lipinski definition) is 9. The average Bonchev–Trinajstić information content (AvgIpc) is 3.68. The van der Waals surface area contributed by atoms with Crippen LogP contribution in [0.2, 0.25) is 0 Å². The molecule has 12 heteroatoms. The molecule has 0 bridgehead atoms. The predicted molar refractivity (Wildman–Crippen MR) is 175 cm³/mol. The van der Waals surface area contributed by atoms with Gasteiger partial charge in [0.05, 0.1) is 11.9 Å². The first kappa shape index (κ1) is 31.1. The van der Waals surface area contributed by atoms with Crippen LogP contribution >= 0.6 is 0 Å². The lowest BCUT2D eigenvalue weighted by Gasteiger charge is -2.43. The molecular weight excluding hydrogens is 570 g/mol.